The van der Waals surface area contributed by atoms with Crippen molar-refractivity contribution < 1.29 is 14.2 Å². The number of methoxy groups -OCH3 is 2. The summed E-state index contributed by atoms with van der Waals surface area (Å²) >= 11 is 2.60. The van der Waals surface area contributed by atoms with Gasteiger partial charge in [0, 0.05) is 110 Å². The summed E-state index contributed by atoms with van der Waals surface area (Å²) in [5, 5.41) is 23.1. The molecule has 9 heterocycles. The highest BCUT2D eigenvalue weighted by Gasteiger charge is 2.35. The minimum absolute atomic E-state index is 0. The van der Waals surface area contributed by atoms with Crippen molar-refractivity contribution in [2.45, 2.75) is 181 Å². The molecule has 0 saturated carbocycles. The fourth-order valence-electron chi connectivity index (χ4n) is 10.6. The number of hydrazine groups is 5. The summed E-state index contributed by atoms with van der Waals surface area (Å²) in [6.07, 6.45) is 7.15. The van der Waals surface area contributed by atoms with Crippen molar-refractivity contribution >= 4 is 80.7 Å². The van der Waals surface area contributed by atoms with E-state index in [1.165, 1.54) is 27.8 Å². The predicted octanol–water partition coefficient (Wildman–Crippen LogP) is 21.9. The second-order valence-electron chi connectivity index (χ2n) is 27.8. The van der Waals surface area contributed by atoms with Crippen LogP contribution in [0.2, 0.25) is 0 Å². The number of nitrogens with zero attached hydrogens (tertiary/aromatic N) is 19. The first-order chi connectivity index (χ1) is 55.9. The molecule has 3 saturated heterocycles. The molecule has 0 aromatic carbocycles. The van der Waals surface area contributed by atoms with Crippen molar-refractivity contribution in [2.24, 2.45) is 4.99 Å². The van der Waals surface area contributed by atoms with Crippen LogP contribution in [-0.4, -0.2) is 170 Å². The van der Waals surface area contributed by atoms with Crippen LogP contribution in [0.25, 0.3) is 0 Å². The van der Waals surface area contributed by atoms with Crippen LogP contribution >= 0.6 is 35.4 Å². The zero-order valence-electron chi connectivity index (χ0n) is 79.4. The first kappa shape index (κ1) is 115. The Labute approximate surface area is 757 Å². The largest absolute Gasteiger partial charge is 0.483 e. The normalized spacial score (nSPS) is 12.1. The first-order valence-electron chi connectivity index (χ1n) is 38.9. The molecule has 3 N–H and O–H groups in total. The van der Waals surface area contributed by atoms with Crippen molar-refractivity contribution in [3.63, 3.8) is 0 Å². The molecule has 6 aromatic rings. The monoisotopic (exact) mass is 1900 g/mol. The number of aromatic nitrogens is 6. The summed E-state index contributed by atoms with van der Waals surface area (Å²) in [7, 11) is 22.2. The van der Waals surface area contributed by atoms with E-state index in [-0.39, 0.29) is 14.9 Å². The quantitative estimate of drug-likeness (QED) is 0.0195. The van der Waals surface area contributed by atoms with Crippen molar-refractivity contribution in [3.05, 3.63) is 286 Å². The molecule has 25 nitrogen and oxygen atoms in total. The van der Waals surface area contributed by atoms with Gasteiger partial charge >= 0.3 is 0 Å². The SMILES string of the molecule is C.C.C=C(Nc1nc(C)c(C)cc1C)OC.C=C(OC)N(C)NC.C=C1N(c2nc(C)c(C)cc2C)C(=C)N(C)N1C.C=C1N(c2nc(C)c(C)cc2C)C(=C)N(C)N1C.C=C1N(c2nc(C)c(C)cc2C)C(=C)N(C)N1C.C=C=Nc1nc(C)c(C)cc1C.C=II.CC.CC.[C-]#C/C(C)=C(/C)OC(=C)N(C)N(C)C(=C)Nc1nc(C)c(C)cc1C. The molecule has 27 heteroatoms. The van der Waals surface area contributed by atoms with Gasteiger partial charge in [-0.3, -0.25) is 65.7 Å². The van der Waals surface area contributed by atoms with Gasteiger partial charge in [-0.05, 0) is 249 Å². The van der Waals surface area contributed by atoms with Gasteiger partial charge in [0.15, 0.2) is 17.6 Å². The van der Waals surface area contributed by atoms with Crippen molar-refractivity contribution in [1.82, 2.24) is 80.4 Å². The maximum Gasteiger partial charge on any atom is 0.204 e. The number of hydrogen-bond acceptors (Lipinski definition) is 25. The maximum atomic E-state index is 7.15. The van der Waals surface area contributed by atoms with E-state index in [9.17, 15) is 0 Å². The molecule has 0 amide bonds. The number of aliphatic imine (C=N–C) groups is 1. The molecule has 0 atom stereocenters. The molecule has 0 spiro atoms. The van der Waals surface area contributed by atoms with Gasteiger partial charge in [0.2, 0.25) is 5.88 Å². The van der Waals surface area contributed by atoms with Crippen LogP contribution < -0.4 is 30.8 Å². The number of pyridine rings is 6. The van der Waals surface area contributed by atoms with Gasteiger partial charge in [0.1, 0.15) is 69.8 Å². The number of rotatable bonds is 17. The third-order valence-electron chi connectivity index (χ3n) is 19.7. The molecule has 0 unspecified atom stereocenters. The first-order valence-corrected chi connectivity index (χ1v) is 46.7. The third-order valence-corrected chi connectivity index (χ3v) is 19.7. The third kappa shape index (κ3) is 31.8. The average Bonchev–Trinajstić information content (AvgIpc) is 1.64. The van der Waals surface area contributed by atoms with E-state index < -0.39 is 0 Å². The van der Waals surface area contributed by atoms with E-state index in [0.29, 0.717) is 57.4 Å². The van der Waals surface area contributed by atoms with Crippen molar-refractivity contribution in [3.8, 4) is 5.92 Å². The minimum Gasteiger partial charge on any atom is -0.483 e. The average molecular weight is 1900 g/mol. The van der Waals surface area contributed by atoms with Gasteiger partial charge in [0.25, 0.3) is 0 Å². The molecule has 6 aromatic heterocycles. The van der Waals surface area contributed by atoms with Gasteiger partial charge in [-0.1, -0.05) is 153 Å². The fraction of sp³-hybridized carbons (Fsp3) is 0.400. The Hall–Kier alpha value is -11.1. The van der Waals surface area contributed by atoms with Crippen LogP contribution in [0.1, 0.15) is 157 Å². The Morgan fingerprint density at radius 2 is 0.713 bits per heavy atom. The molecule has 0 aliphatic carbocycles. The standard InChI is InChI=1S/C20H27N4O.3C14H20N4.C11H16N2O.C10H12N2.C5H12N2O.2C2H6.CH2I2.2CH4/c1-11-13(2)17(6)25-19(8)24(10)23(9)18(7)22-20-15(4)12-14(3)16(5)21-20;3*1-9-8-10(2)14(15-11(9)3)18-12(4)16(6)17(7)13(18)5;1-7-6-8(2)11(12-9(7)3)13-10(4)14-5;1-5-11-10-8(3)6-7(2)9(4)12-10;1-5(8-4)7(3)6-2;2*1-2;1-3-2;;/h12H,7-8H2,2-6,9-10H3,(H,21,22);3*8H,4-5H2,1-3,6-7H3;6H,4H2,1-3,5H3,(H,12,13);6H,1H2,2-4H3;6H,1H2,2-4H3;2*1-2H3;1H2;2*1H4/q-1;;;;;;;;;;;/b17-13-;;;;;;;;;;;. The number of allylic oxidation sites excluding steroid dienone is 2. The molecule has 3 aliphatic heterocycles. The molecule has 3 aliphatic rings. The molecule has 672 valence electrons. The van der Waals surface area contributed by atoms with Crippen molar-refractivity contribution in [1.29, 1.82) is 0 Å². The number of hydrogen-bond donors (Lipinski definition) is 3. The van der Waals surface area contributed by atoms with Crippen LogP contribution in [0.5, 0.6) is 0 Å². The molecule has 0 radical (unpaired) electrons. The summed E-state index contributed by atoms with van der Waals surface area (Å²) in [6, 6.07) is 12.7. The Balaban J connectivity index is -0.00000136. The van der Waals surface area contributed by atoms with Gasteiger partial charge in [-0.2, -0.15) is 4.99 Å². The zero-order valence-corrected chi connectivity index (χ0v) is 83.7. The molecule has 0 bridgehead atoms. The Kier molecular flexibility index (Phi) is 51.3. The van der Waals surface area contributed by atoms with E-state index in [1.807, 2.05) is 219 Å². The topological polar surface area (TPSA) is 192 Å². The predicted molar refractivity (Wildman–Crippen MR) is 540 cm³/mol. The van der Waals surface area contributed by atoms with Crippen LogP contribution in [0, 0.1) is 137 Å². The van der Waals surface area contributed by atoms with Crippen LogP contribution in [0.15, 0.2) is 183 Å². The van der Waals surface area contributed by atoms with Crippen LogP contribution in [-0.2, 0) is 14.2 Å². The highest BCUT2D eigenvalue weighted by Crippen LogP contribution is 2.37. The number of aryl methyl sites for hydroxylation is 18. The van der Waals surface area contributed by atoms with Crippen LogP contribution in [0.4, 0.5) is 34.9 Å². The summed E-state index contributed by atoms with van der Waals surface area (Å²) in [5.74, 6) is 17.7. The van der Waals surface area contributed by atoms with Gasteiger partial charge in [-0.15, -0.1) is 5.57 Å². The molecule has 122 heavy (non-hydrogen) atoms. The number of anilines is 5. The maximum absolute atomic E-state index is 7.15. The summed E-state index contributed by atoms with van der Waals surface area (Å²) in [5.41, 5.74) is 23.3. The van der Waals surface area contributed by atoms with E-state index in [4.69, 9.17) is 20.6 Å². The van der Waals surface area contributed by atoms with E-state index >= 15 is 0 Å². The van der Waals surface area contributed by atoms with Crippen LogP contribution in [0.3, 0.4) is 0 Å². The molecule has 3 fully saturated rings. The van der Waals surface area contributed by atoms with Gasteiger partial charge in [0.05, 0.1) is 14.2 Å². The summed E-state index contributed by atoms with van der Waals surface area (Å²) < 4.78 is 18.9. The Morgan fingerprint density at radius 3 is 0.975 bits per heavy atom. The lowest BCUT2D eigenvalue weighted by Crippen LogP contribution is -2.37. The van der Waals surface area contributed by atoms with E-state index in [0.717, 1.165) is 137 Å². The summed E-state index contributed by atoms with van der Waals surface area (Å²) in [6.45, 7) is 91.3. The zero-order chi connectivity index (χ0) is 93.3. The van der Waals surface area contributed by atoms with E-state index in [1.54, 1.807) is 50.1 Å². The van der Waals surface area contributed by atoms with Crippen molar-refractivity contribution in [2.75, 3.05) is 110 Å². The second-order valence-corrected chi connectivity index (χ2v) is 32.3. The lowest BCUT2D eigenvalue weighted by atomic mass is 10.1. The smallest absolute Gasteiger partial charge is 0.204 e. The molecular formula is C95H149I2N22O3-. The lowest BCUT2D eigenvalue weighted by Gasteiger charge is -2.34. The van der Waals surface area contributed by atoms with Gasteiger partial charge in [-0.25, -0.2) is 35.3 Å². The second kappa shape index (κ2) is 54.4. The number of nitrogens with one attached hydrogen (secondary N) is 3. The van der Waals surface area contributed by atoms with Gasteiger partial charge < -0.3 is 31.3 Å². The summed E-state index contributed by atoms with van der Waals surface area (Å²) in [4.78, 5) is 37.2. The fourth-order valence-corrected chi connectivity index (χ4v) is 10.6. The molecule has 9 rings (SSSR count). The molecular weight excluding hydrogens is 1750 g/mol. The Bertz CT molecular complexity index is 4510. The Morgan fingerprint density at radius 1 is 0.443 bits per heavy atom. The number of ether oxygens (including phenoxy) is 3. The lowest BCUT2D eigenvalue weighted by molar-refractivity contribution is 0.0371. The minimum atomic E-state index is 0. The highest BCUT2D eigenvalue weighted by atomic mass is 128. The van der Waals surface area contributed by atoms with E-state index in [2.05, 4.69) is 236 Å². The number of halogens is 2. The highest BCUT2D eigenvalue weighted by molar-refractivity contribution is 15.0.